The van der Waals surface area contributed by atoms with E-state index in [-0.39, 0.29) is 18.7 Å². The van der Waals surface area contributed by atoms with Crippen LogP contribution in [0.2, 0.25) is 0 Å². The Kier molecular flexibility index (Phi) is 5.93. The lowest BCUT2D eigenvalue weighted by molar-refractivity contribution is 0.0949. The molecule has 4 aromatic rings. The van der Waals surface area contributed by atoms with Gasteiger partial charge in [0, 0.05) is 24.3 Å². The lowest BCUT2D eigenvalue weighted by Gasteiger charge is -2.10. The Hall–Kier alpha value is -4.07. The largest absolute Gasteiger partial charge is 0.496 e. The molecular weight excluding hydrogens is 416 g/mol. The third-order valence-electron chi connectivity index (χ3n) is 5.04. The second-order valence-electron chi connectivity index (χ2n) is 7.15. The zero-order chi connectivity index (χ0) is 22.7. The molecule has 0 bridgehead atoms. The Labute approximate surface area is 182 Å². The van der Waals surface area contributed by atoms with Crippen LogP contribution < -0.4 is 15.6 Å². The number of methoxy groups -OCH3 is 1. The van der Waals surface area contributed by atoms with Crippen LogP contribution >= 0.6 is 0 Å². The number of hydrogen-bond acceptors (Lipinski definition) is 4. The van der Waals surface area contributed by atoms with Crippen LogP contribution in [0.15, 0.2) is 71.8 Å². The van der Waals surface area contributed by atoms with Crippen molar-refractivity contribution in [2.75, 3.05) is 7.11 Å². The molecule has 2 aromatic heterocycles. The van der Waals surface area contributed by atoms with Crippen molar-refractivity contribution in [3.8, 4) is 5.75 Å². The quantitative estimate of drug-likeness (QED) is 0.502. The van der Waals surface area contributed by atoms with E-state index in [0.29, 0.717) is 11.3 Å². The average molecular weight is 435 g/mol. The van der Waals surface area contributed by atoms with Gasteiger partial charge in [0.1, 0.15) is 11.3 Å². The summed E-state index contributed by atoms with van der Waals surface area (Å²) in [5.74, 6) is -1.82. The van der Waals surface area contributed by atoms with Gasteiger partial charge in [-0.25, -0.2) is 8.78 Å². The molecule has 6 nitrogen and oxygen atoms in total. The van der Waals surface area contributed by atoms with Gasteiger partial charge in [-0.1, -0.05) is 12.1 Å². The van der Waals surface area contributed by atoms with E-state index in [1.54, 1.807) is 25.4 Å². The predicted octanol–water partition coefficient (Wildman–Crippen LogP) is 3.66. The molecule has 0 saturated carbocycles. The molecule has 0 aliphatic heterocycles. The van der Waals surface area contributed by atoms with Crippen LogP contribution in [-0.4, -0.2) is 22.6 Å². The summed E-state index contributed by atoms with van der Waals surface area (Å²) in [6.45, 7) is 0.207. The molecule has 162 valence electrons. The first-order valence-corrected chi connectivity index (χ1v) is 9.79. The number of amides is 1. The Morgan fingerprint density at radius 2 is 1.88 bits per heavy atom. The molecule has 0 radical (unpaired) electrons. The van der Waals surface area contributed by atoms with Crippen molar-refractivity contribution in [2.24, 2.45) is 0 Å². The number of benzene rings is 2. The summed E-state index contributed by atoms with van der Waals surface area (Å²) in [6.07, 6.45) is 3.15. The zero-order valence-electron chi connectivity index (χ0n) is 17.1. The van der Waals surface area contributed by atoms with Gasteiger partial charge in [0.2, 0.25) is 0 Å². The van der Waals surface area contributed by atoms with Crippen molar-refractivity contribution in [2.45, 2.75) is 13.1 Å². The van der Waals surface area contributed by atoms with Crippen LogP contribution in [0, 0.1) is 11.6 Å². The van der Waals surface area contributed by atoms with Gasteiger partial charge < -0.3 is 14.6 Å². The standard InChI is InChI=1S/C24H19F2N3O3/c1-32-22-8-9-27-21-7-5-15(11-18(21)22)13-28-23(30)17-3-2-10-29(24(17)31)14-16-4-6-19(25)20(26)12-16/h2-12H,13-14H2,1H3,(H,28,30). The highest BCUT2D eigenvalue weighted by molar-refractivity contribution is 5.93. The number of carbonyl (C=O) groups excluding carboxylic acids is 1. The van der Waals surface area contributed by atoms with E-state index in [2.05, 4.69) is 10.3 Å². The molecule has 0 aliphatic carbocycles. The zero-order valence-corrected chi connectivity index (χ0v) is 17.1. The smallest absolute Gasteiger partial charge is 0.263 e. The fraction of sp³-hybridized carbons (Fsp3) is 0.125. The first kappa shape index (κ1) is 21.2. The van der Waals surface area contributed by atoms with Gasteiger partial charge in [0.25, 0.3) is 11.5 Å². The highest BCUT2D eigenvalue weighted by atomic mass is 19.2. The number of aromatic nitrogens is 2. The number of ether oxygens (including phenoxy) is 1. The van der Waals surface area contributed by atoms with E-state index in [1.807, 2.05) is 18.2 Å². The van der Waals surface area contributed by atoms with Gasteiger partial charge in [0.15, 0.2) is 11.6 Å². The SMILES string of the molecule is COc1ccnc2ccc(CNC(=O)c3cccn(Cc4ccc(F)c(F)c4)c3=O)cc12. The Balaban J connectivity index is 1.51. The van der Waals surface area contributed by atoms with E-state index >= 15 is 0 Å². The van der Waals surface area contributed by atoms with Crippen LogP contribution in [0.1, 0.15) is 21.5 Å². The van der Waals surface area contributed by atoms with Crippen LogP contribution in [0.5, 0.6) is 5.75 Å². The minimum atomic E-state index is -0.994. The summed E-state index contributed by atoms with van der Waals surface area (Å²) in [6, 6.07) is 13.7. The van der Waals surface area contributed by atoms with Gasteiger partial charge in [0.05, 0.1) is 19.2 Å². The fourth-order valence-corrected chi connectivity index (χ4v) is 3.40. The molecule has 2 heterocycles. The predicted molar refractivity (Wildman–Crippen MR) is 116 cm³/mol. The lowest BCUT2D eigenvalue weighted by atomic mass is 10.1. The van der Waals surface area contributed by atoms with Crippen LogP contribution in [0.25, 0.3) is 10.9 Å². The van der Waals surface area contributed by atoms with Crippen molar-refractivity contribution in [1.29, 1.82) is 0 Å². The Bertz CT molecular complexity index is 1370. The van der Waals surface area contributed by atoms with Crippen LogP contribution in [-0.2, 0) is 13.1 Å². The average Bonchev–Trinajstić information content (AvgIpc) is 2.80. The van der Waals surface area contributed by atoms with Crippen molar-refractivity contribution in [3.05, 3.63) is 106 Å². The first-order chi connectivity index (χ1) is 15.5. The maximum atomic E-state index is 13.5. The van der Waals surface area contributed by atoms with Crippen LogP contribution in [0.3, 0.4) is 0 Å². The first-order valence-electron chi connectivity index (χ1n) is 9.79. The van der Waals surface area contributed by atoms with E-state index in [1.165, 1.54) is 22.9 Å². The maximum absolute atomic E-state index is 13.5. The molecule has 0 spiro atoms. The number of pyridine rings is 2. The summed E-state index contributed by atoms with van der Waals surface area (Å²) < 4.78 is 33.2. The fourth-order valence-electron chi connectivity index (χ4n) is 3.40. The minimum absolute atomic E-state index is 0.00855. The topological polar surface area (TPSA) is 73.2 Å². The van der Waals surface area contributed by atoms with Gasteiger partial charge in [-0.15, -0.1) is 0 Å². The maximum Gasteiger partial charge on any atom is 0.263 e. The molecule has 32 heavy (non-hydrogen) atoms. The number of rotatable bonds is 6. The molecule has 0 saturated heterocycles. The van der Waals surface area contributed by atoms with Gasteiger partial charge >= 0.3 is 0 Å². The lowest BCUT2D eigenvalue weighted by Crippen LogP contribution is -2.32. The molecule has 8 heteroatoms. The highest BCUT2D eigenvalue weighted by Crippen LogP contribution is 2.24. The summed E-state index contributed by atoms with van der Waals surface area (Å²) >= 11 is 0. The van der Waals surface area contributed by atoms with Crippen LogP contribution in [0.4, 0.5) is 8.78 Å². The van der Waals surface area contributed by atoms with Gasteiger partial charge in [-0.05, 0) is 53.6 Å². The number of carbonyl (C=O) groups is 1. The molecule has 4 rings (SSSR count). The van der Waals surface area contributed by atoms with Gasteiger partial charge in [-0.2, -0.15) is 0 Å². The molecule has 0 aliphatic rings. The Morgan fingerprint density at radius 3 is 2.66 bits per heavy atom. The molecule has 0 atom stereocenters. The van der Waals surface area contributed by atoms with E-state index in [0.717, 1.165) is 28.6 Å². The monoisotopic (exact) mass is 435 g/mol. The summed E-state index contributed by atoms with van der Waals surface area (Å²) in [5.41, 5.74) is 1.41. The number of fused-ring (bicyclic) bond motifs is 1. The van der Waals surface area contributed by atoms with Crippen molar-refractivity contribution in [1.82, 2.24) is 14.9 Å². The molecule has 1 N–H and O–H groups in total. The summed E-state index contributed by atoms with van der Waals surface area (Å²) in [7, 11) is 1.57. The molecule has 0 unspecified atom stereocenters. The second kappa shape index (κ2) is 8.97. The van der Waals surface area contributed by atoms with Crippen molar-refractivity contribution < 1.29 is 18.3 Å². The summed E-state index contributed by atoms with van der Waals surface area (Å²) in [5, 5.41) is 3.56. The number of nitrogens with zero attached hydrogens (tertiary/aromatic N) is 2. The highest BCUT2D eigenvalue weighted by Gasteiger charge is 2.13. The molecule has 2 aromatic carbocycles. The third kappa shape index (κ3) is 4.34. The van der Waals surface area contributed by atoms with E-state index in [9.17, 15) is 18.4 Å². The molecule has 1 amide bonds. The molecular formula is C24H19F2N3O3. The van der Waals surface area contributed by atoms with E-state index in [4.69, 9.17) is 4.74 Å². The van der Waals surface area contributed by atoms with Crippen molar-refractivity contribution >= 4 is 16.8 Å². The number of halogens is 2. The van der Waals surface area contributed by atoms with Crippen molar-refractivity contribution in [3.63, 3.8) is 0 Å². The second-order valence-corrected chi connectivity index (χ2v) is 7.15. The normalized spacial score (nSPS) is 10.8. The third-order valence-corrected chi connectivity index (χ3v) is 5.04. The van der Waals surface area contributed by atoms with Gasteiger partial charge in [-0.3, -0.25) is 14.6 Å². The number of nitrogens with one attached hydrogen (secondary N) is 1. The Morgan fingerprint density at radius 1 is 1.06 bits per heavy atom. The molecule has 0 fully saturated rings. The van der Waals surface area contributed by atoms with E-state index < -0.39 is 23.1 Å². The summed E-state index contributed by atoms with van der Waals surface area (Å²) in [4.78, 5) is 29.7. The minimum Gasteiger partial charge on any atom is -0.496 e. The number of hydrogen-bond donors (Lipinski definition) is 1.